The van der Waals surface area contributed by atoms with Crippen LogP contribution >= 0.6 is 0 Å². The van der Waals surface area contributed by atoms with Gasteiger partial charge in [0.1, 0.15) is 0 Å². The number of carboxylic acids is 1. The number of hydrogen-bond acceptors (Lipinski definition) is 4. The Morgan fingerprint density at radius 2 is 2.18 bits per heavy atom. The Bertz CT molecular complexity index is 293. The van der Waals surface area contributed by atoms with E-state index < -0.39 is 5.97 Å². The van der Waals surface area contributed by atoms with Gasteiger partial charge in [-0.15, -0.1) is 0 Å². The van der Waals surface area contributed by atoms with Crippen LogP contribution < -0.4 is 5.73 Å². The molecule has 0 aromatic carbocycles. The van der Waals surface area contributed by atoms with Gasteiger partial charge in [-0.3, -0.25) is 9.59 Å². The lowest BCUT2D eigenvalue weighted by Gasteiger charge is -2.37. The molecule has 98 valence electrons. The molecule has 0 bridgehead atoms. The molecule has 0 radical (unpaired) electrons. The highest BCUT2D eigenvalue weighted by molar-refractivity contribution is 5.80. The van der Waals surface area contributed by atoms with Crippen LogP contribution in [0.15, 0.2) is 0 Å². The van der Waals surface area contributed by atoms with E-state index in [0.29, 0.717) is 13.2 Å². The van der Waals surface area contributed by atoms with Crippen molar-refractivity contribution in [1.82, 2.24) is 4.90 Å². The fourth-order valence-corrected chi connectivity index (χ4v) is 1.80. The molecule has 1 amide bonds. The number of nitrogens with two attached hydrogens (primary N) is 1. The number of morpholine rings is 1. The zero-order valence-electron chi connectivity index (χ0n) is 10.3. The second-order valence-corrected chi connectivity index (χ2v) is 4.51. The van der Waals surface area contributed by atoms with E-state index in [1.165, 1.54) is 0 Å². The molecule has 0 aliphatic carbocycles. The second-order valence-electron chi connectivity index (χ2n) is 4.51. The molecule has 0 aromatic heterocycles. The minimum absolute atomic E-state index is 0.0859. The minimum Gasteiger partial charge on any atom is -0.481 e. The maximum Gasteiger partial charge on any atom is 0.305 e. The van der Waals surface area contributed by atoms with Crippen molar-refractivity contribution in [2.24, 2.45) is 11.7 Å². The highest BCUT2D eigenvalue weighted by Crippen LogP contribution is 2.15. The van der Waals surface area contributed by atoms with E-state index >= 15 is 0 Å². The third-order valence-corrected chi connectivity index (χ3v) is 3.10. The molecule has 17 heavy (non-hydrogen) atoms. The topological polar surface area (TPSA) is 92.9 Å². The lowest BCUT2D eigenvalue weighted by molar-refractivity contribution is -0.149. The molecule has 1 aliphatic heterocycles. The second kappa shape index (κ2) is 5.97. The molecule has 1 aliphatic rings. The number of ether oxygens (including phenoxy) is 1. The molecule has 1 fully saturated rings. The molecule has 0 saturated carbocycles. The summed E-state index contributed by atoms with van der Waals surface area (Å²) in [6.45, 7) is 4.71. The third kappa shape index (κ3) is 3.67. The molecular formula is C11H20N2O4. The van der Waals surface area contributed by atoms with Gasteiger partial charge in [0, 0.05) is 12.6 Å². The Morgan fingerprint density at radius 1 is 1.53 bits per heavy atom. The van der Waals surface area contributed by atoms with Crippen LogP contribution in [0.4, 0.5) is 0 Å². The summed E-state index contributed by atoms with van der Waals surface area (Å²) >= 11 is 0. The molecule has 6 nitrogen and oxygen atoms in total. The molecule has 1 saturated heterocycles. The van der Waals surface area contributed by atoms with E-state index in [1.54, 1.807) is 18.7 Å². The number of rotatable bonds is 4. The van der Waals surface area contributed by atoms with Crippen molar-refractivity contribution in [2.75, 3.05) is 19.8 Å². The summed E-state index contributed by atoms with van der Waals surface area (Å²) in [6.07, 6.45) is -0.0859. The minimum atomic E-state index is -0.924. The standard InChI is InChI=1S/C11H20N2O4/c1-7(8(2)12)11(16)13-3-4-17-6-9(13)5-10(14)15/h7-9H,3-6,12H2,1-2H3,(H,14,15). The molecule has 1 rings (SSSR count). The van der Waals surface area contributed by atoms with Crippen LogP contribution in [0.1, 0.15) is 20.3 Å². The van der Waals surface area contributed by atoms with E-state index in [9.17, 15) is 9.59 Å². The van der Waals surface area contributed by atoms with E-state index in [2.05, 4.69) is 0 Å². The summed E-state index contributed by atoms with van der Waals surface area (Å²) in [5.41, 5.74) is 5.70. The van der Waals surface area contributed by atoms with E-state index in [0.717, 1.165) is 0 Å². The Labute approximate surface area is 101 Å². The van der Waals surface area contributed by atoms with Crippen molar-refractivity contribution in [3.8, 4) is 0 Å². The van der Waals surface area contributed by atoms with Gasteiger partial charge in [-0.05, 0) is 6.92 Å². The van der Waals surface area contributed by atoms with Crippen LogP contribution in [0, 0.1) is 5.92 Å². The molecule has 3 unspecified atom stereocenters. The van der Waals surface area contributed by atoms with Crippen LogP contribution in [0.3, 0.4) is 0 Å². The van der Waals surface area contributed by atoms with Gasteiger partial charge in [0.2, 0.25) is 5.91 Å². The summed E-state index contributed by atoms with van der Waals surface area (Å²) < 4.78 is 5.22. The number of carbonyl (C=O) groups is 2. The predicted octanol–water partition coefficient (Wildman–Crippen LogP) is -0.328. The zero-order chi connectivity index (χ0) is 13.0. The number of amides is 1. The highest BCUT2D eigenvalue weighted by atomic mass is 16.5. The highest BCUT2D eigenvalue weighted by Gasteiger charge is 2.32. The Morgan fingerprint density at radius 3 is 2.71 bits per heavy atom. The largest absolute Gasteiger partial charge is 0.481 e. The molecule has 3 atom stereocenters. The van der Waals surface area contributed by atoms with Crippen LogP contribution in [0.25, 0.3) is 0 Å². The summed E-state index contributed by atoms with van der Waals surface area (Å²) in [7, 11) is 0. The van der Waals surface area contributed by atoms with Gasteiger partial charge >= 0.3 is 5.97 Å². The van der Waals surface area contributed by atoms with Gasteiger partial charge in [0.05, 0.1) is 31.6 Å². The summed E-state index contributed by atoms with van der Waals surface area (Å²) in [5.74, 6) is -1.31. The first-order valence-electron chi connectivity index (χ1n) is 5.79. The van der Waals surface area contributed by atoms with Gasteiger partial charge in [-0.1, -0.05) is 6.92 Å². The molecule has 0 aromatic rings. The smallest absolute Gasteiger partial charge is 0.305 e. The molecule has 3 N–H and O–H groups in total. The first kappa shape index (κ1) is 13.9. The Balaban J connectivity index is 2.70. The number of nitrogens with zero attached hydrogens (tertiary/aromatic N) is 1. The van der Waals surface area contributed by atoms with E-state index in [-0.39, 0.29) is 36.9 Å². The van der Waals surface area contributed by atoms with Crippen molar-refractivity contribution >= 4 is 11.9 Å². The number of carboxylic acid groups (broad SMARTS) is 1. The predicted molar refractivity (Wildman–Crippen MR) is 61.4 cm³/mol. The maximum absolute atomic E-state index is 12.1. The number of aliphatic carboxylic acids is 1. The monoisotopic (exact) mass is 244 g/mol. The average molecular weight is 244 g/mol. The van der Waals surface area contributed by atoms with E-state index in [1.807, 2.05) is 0 Å². The number of hydrogen-bond donors (Lipinski definition) is 2. The van der Waals surface area contributed by atoms with Crippen molar-refractivity contribution in [3.05, 3.63) is 0 Å². The molecule has 0 spiro atoms. The van der Waals surface area contributed by atoms with Gasteiger partial charge in [0.25, 0.3) is 0 Å². The van der Waals surface area contributed by atoms with Gasteiger partial charge < -0.3 is 20.5 Å². The quantitative estimate of drug-likeness (QED) is 0.706. The van der Waals surface area contributed by atoms with Crippen molar-refractivity contribution in [2.45, 2.75) is 32.4 Å². The summed E-state index contributed by atoms with van der Waals surface area (Å²) in [6, 6.07) is -0.620. The molecular weight excluding hydrogens is 224 g/mol. The van der Waals surface area contributed by atoms with Gasteiger partial charge in [-0.25, -0.2) is 0 Å². The third-order valence-electron chi connectivity index (χ3n) is 3.10. The zero-order valence-corrected chi connectivity index (χ0v) is 10.3. The van der Waals surface area contributed by atoms with Gasteiger partial charge in [-0.2, -0.15) is 0 Å². The van der Waals surface area contributed by atoms with Crippen LogP contribution in [-0.2, 0) is 14.3 Å². The fourth-order valence-electron chi connectivity index (χ4n) is 1.80. The maximum atomic E-state index is 12.1. The van der Waals surface area contributed by atoms with Crippen molar-refractivity contribution in [3.63, 3.8) is 0 Å². The molecule has 6 heteroatoms. The van der Waals surface area contributed by atoms with Crippen molar-refractivity contribution < 1.29 is 19.4 Å². The first-order chi connectivity index (χ1) is 7.93. The SMILES string of the molecule is CC(N)C(C)C(=O)N1CCOCC1CC(=O)O. The number of carbonyl (C=O) groups excluding carboxylic acids is 1. The summed E-state index contributed by atoms with van der Waals surface area (Å²) in [4.78, 5) is 24.4. The lowest BCUT2D eigenvalue weighted by Crippen LogP contribution is -2.53. The van der Waals surface area contributed by atoms with Crippen LogP contribution in [0.5, 0.6) is 0 Å². The summed E-state index contributed by atoms with van der Waals surface area (Å²) in [5, 5.41) is 8.79. The van der Waals surface area contributed by atoms with Crippen LogP contribution in [-0.4, -0.2) is 53.7 Å². The lowest BCUT2D eigenvalue weighted by atomic mass is 10.0. The van der Waals surface area contributed by atoms with Crippen LogP contribution in [0.2, 0.25) is 0 Å². The average Bonchev–Trinajstić information content (AvgIpc) is 2.27. The normalized spacial score (nSPS) is 24.2. The Hall–Kier alpha value is -1.14. The van der Waals surface area contributed by atoms with Crippen molar-refractivity contribution in [1.29, 1.82) is 0 Å². The van der Waals surface area contributed by atoms with E-state index in [4.69, 9.17) is 15.6 Å². The first-order valence-corrected chi connectivity index (χ1v) is 5.79. The Kier molecular flexibility index (Phi) is 4.89. The fraction of sp³-hybridized carbons (Fsp3) is 0.818. The molecule has 1 heterocycles. The van der Waals surface area contributed by atoms with Gasteiger partial charge in [0.15, 0.2) is 0 Å².